The van der Waals surface area contributed by atoms with Gasteiger partial charge in [0.05, 0.1) is 16.8 Å². The minimum atomic E-state index is -0.753. The Morgan fingerprint density at radius 1 is 1.08 bits per heavy atom. The van der Waals surface area contributed by atoms with Crippen molar-refractivity contribution in [1.82, 2.24) is 5.32 Å². The summed E-state index contributed by atoms with van der Waals surface area (Å²) in [4.78, 5) is 12.8. The van der Waals surface area contributed by atoms with E-state index in [4.69, 9.17) is 16.6 Å². The van der Waals surface area contributed by atoms with Crippen molar-refractivity contribution in [2.75, 3.05) is 5.32 Å². The monoisotopic (exact) mass is 336 g/mol. The molecule has 1 unspecified atom stereocenters. The third-order valence-electron chi connectivity index (χ3n) is 4.58. The quantitative estimate of drug-likeness (QED) is 0.525. The molecule has 24 heavy (non-hydrogen) atoms. The molecule has 0 fully saturated rings. The molecule has 120 valence electrons. The van der Waals surface area contributed by atoms with Gasteiger partial charge in [0.25, 0.3) is 0 Å². The van der Waals surface area contributed by atoms with Crippen LogP contribution in [-0.4, -0.2) is 5.11 Å². The summed E-state index contributed by atoms with van der Waals surface area (Å²) in [5.74, 6) is 0. The van der Waals surface area contributed by atoms with Crippen LogP contribution in [0.3, 0.4) is 0 Å². The minimum absolute atomic E-state index is 0.361. The molecule has 2 heterocycles. The van der Waals surface area contributed by atoms with E-state index in [0.717, 1.165) is 22.2 Å². The van der Waals surface area contributed by atoms with Gasteiger partial charge in [-0.1, -0.05) is 42.5 Å². The van der Waals surface area contributed by atoms with E-state index in [-0.39, 0.29) is 5.63 Å². The van der Waals surface area contributed by atoms with Crippen LogP contribution in [0.2, 0.25) is 0 Å². The zero-order valence-electron chi connectivity index (χ0n) is 13.3. The molecule has 1 aromatic heterocycles. The third kappa shape index (κ3) is 2.05. The van der Waals surface area contributed by atoms with Crippen LogP contribution in [-0.2, 0) is 5.54 Å². The summed E-state index contributed by atoms with van der Waals surface area (Å²) < 4.78 is 5.66. The average molecular weight is 336 g/mol. The van der Waals surface area contributed by atoms with Gasteiger partial charge < -0.3 is 15.1 Å². The Hall–Kier alpha value is -2.66. The fourth-order valence-corrected chi connectivity index (χ4v) is 3.68. The van der Waals surface area contributed by atoms with Crippen molar-refractivity contribution in [2.24, 2.45) is 0 Å². The Morgan fingerprint density at radius 3 is 2.58 bits per heavy atom. The van der Waals surface area contributed by atoms with Gasteiger partial charge in [-0.15, -0.1) is 0 Å². The van der Waals surface area contributed by atoms with Crippen molar-refractivity contribution in [2.45, 2.75) is 19.4 Å². The number of benzene rings is 2. The van der Waals surface area contributed by atoms with Crippen molar-refractivity contribution in [3.63, 3.8) is 0 Å². The summed E-state index contributed by atoms with van der Waals surface area (Å²) >= 11 is 5.41. The van der Waals surface area contributed by atoms with Crippen LogP contribution in [0.1, 0.15) is 23.6 Å². The summed E-state index contributed by atoms with van der Waals surface area (Å²) in [5, 5.41) is 7.75. The second-order valence-corrected chi connectivity index (χ2v) is 6.57. The smallest absolute Gasteiger partial charge is 0.344 e. The fraction of sp³-hybridized carbons (Fsp3) is 0.158. The van der Waals surface area contributed by atoms with Gasteiger partial charge in [0, 0.05) is 5.39 Å². The SMILES string of the molecule is Cc1cccc2c3c(c(=O)oc12)C(C)(c1ccccc1)NC(=S)N3. The maximum absolute atomic E-state index is 12.8. The highest BCUT2D eigenvalue weighted by molar-refractivity contribution is 7.80. The van der Waals surface area contributed by atoms with E-state index in [0.29, 0.717) is 16.3 Å². The first kappa shape index (κ1) is 14.9. The van der Waals surface area contributed by atoms with E-state index in [9.17, 15) is 4.79 Å². The number of rotatable bonds is 1. The molecular formula is C19H16N2O2S. The first-order valence-electron chi connectivity index (χ1n) is 7.72. The van der Waals surface area contributed by atoms with Crippen LogP contribution in [0, 0.1) is 6.92 Å². The van der Waals surface area contributed by atoms with Crippen LogP contribution >= 0.6 is 12.2 Å². The molecule has 0 saturated heterocycles. The molecule has 5 heteroatoms. The molecule has 2 N–H and O–H groups in total. The first-order valence-corrected chi connectivity index (χ1v) is 8.13. The van der Waals surface area contributed by atoms with Crippen molar-refractivity contribution < 1.29 is 4.42 Å². The van der Waals surface area contributed by atoms with E-state index >= 15 is 0 Å². The Labute approximate surface area is 144 Å². The zero-order chi connectivity index (χ0) is 16.9. The number of aryl methyl sites for hydroxylation is 1. The van der Waals surface area contributed by atoms with Crippen LogP contribution in [0.5, 0.6) is 0 Å². The number of nitrogens with one attached hydrogen (secondary N) is 2. The standard InChI is InChI=1S/C19H16N2O2S/c1-11-7-6-10-13-15-14(17(22)23-16(11)13)19(2,21-18(24)20-15)12-8-4-3-5-9-12/h3-10H,1-2H3,(H2,20,21,24). The fourth-order valence-electron chi connectivity index (χ4n) is 3.37. The minimum Gasteiger partial charge on any atom is -0.422 e. The molecule has 4 nitrogen and oxygen atoms in total. The van der Waals surface area contributed by atoms with Crippen molar-refractivity contribution in [3.8, 4) is 0 Å². The Morgan fingerprint density at radius 2 is 1.83 bits per heavy atom. The lowest BCUT2D eigenvalue weighted by atomic mass is 9.82. The van der Waals surface area contributed by atoms with Crippen LogP contribution in [0.25, 0.3) is 11.0 Å². The topological polar surface area (TPSA) is 54.3 Å². The van der Waals surface area contributed by atoms with Gasteiger partial charge in [-0.2, -0.15) is 0 Å². The van der Waals surface area contributed by atoms with Gasteiger partial charge >= 0.3 is 5.63 Å². The number of anilines is 1. The molecule has 1 aliphatic rings. The molecule has 0 spiro atoms. The summed E-state index contributed by atoms with van der Waals surface area (Å²) in [6.45, 7) is 3.88. The number of para-hydroxylation sites is 1. The van der Waals surface area contributed by atoms with Gasteiger partial charge in [-0.3, -0.25) is 0 Å². The molecule has 0 amide bonds. The van der Waals surface area contributed by atoms with Gasteiger partial charge in [-0.25, -0.2) is 4.79 Å². The normalized spacial score (nSPS) is 19.5. The van der Waals surface area contributed by atoms with Gasteiger partial charge in [0.2, 0.25) is 0 Å². The zero-order valence-corrected chi connectivity index (χ0v) is 14.2. The van der Waals surface area contributed by atoms with E-state index in [1.54, 1.807) is 0 Å². The summed E-state index contributed by atoms with van der Waals surface area (Å²) in [7, 11) is 0. The third-order valence-corrected chi connectivity index (χ3v) is 4.79. The maximum Gasteiger partial charge on any atom is 0.344 e. The molecule has 0 saturated carbocycles. The van der Waals surface area contributed by atoms with Gasteiger partial charge in [0.15, 0.2) is 5.11 Å². The molecular weight excluding hydrogens is 320 g/mol. The molecule has 3 aromatic rings. The number of thiocarbonyl (C=S) groups is 1. The number of hydrogen-bond acceptors (Lipinski definition) is 3. The van der Waals surface area contributed by atoms with Gasteiger partial charge in [-0.05, 0) is 43.3 Å². The first-order chi connectivity index (χ1) is 11.5. The highest BCUT2D eigenvalue weighted by atomic mass is 32.1. The van der Waals surface area contributed by atoms with Crippen LogP contribution < -0.4 is 16.3 Å². The lowest BCUT2D eigenvalue weighted by Gasteiger charge is -2.38. The summed E-state index contributed by atoms with van der Waals surface area (Å²) in [5.41, 5.74) is 2.61. The molecule has 0 bridgehead atoms. The van der Waals surface area contributed by atoms with E-state index in [1.165, 1.54) is 0 Å². The lowest BCUT2D eigenvalue weighted by Crippen LogP contribution is -2.52. The Bertz CT molecular complexity index is 1030. The largest absolute Gasteiger partial charge is 0.422 e. The van der Waals surface area contributed by atoms with Crippen molar-refractivity contribution in [3.05, 3.63) is 75.6 Å². The van der Waals surface area contributed by atoms with Crippen LogP contribution in [0.4, 0.5) is 5.69 Å². The van der Waals surface area contributed by atoms with Crippen LogP contribution in [0.15, 0.2) is 57.7 Å². The predicted octanol–water partition coefficient (Wildman–Crippen LogP) is 3.66. The summed E-state index contributed by atoms with van der Waals surface area (Å²) in [6, 6.07) is 15.6. The number of hydrogen-bond donors (Lipinski definition) is 2. The van der Waals surface area contributed by atoms with E-state index < -0.39 is 5.54 Å². The molecule has 0 aliphatic carbocycles. The highest BCUT2D eigenvalue weighted by Crippen LogP contribution is 2.39. The molecule has 1 atom stereocenters. The molecule has 1 aliphatic heterocycles. The Balaban J connectivity index is 2.12. The maximum atomic E-state index is 12.8. The highest BCUT2D eigenvalue weighted by Gasteiger charge is 2.40. The molecule has 2 aromatic carbocycles. The van der Waals surface area contributed by atoms with Crippen molar-refractivity contribution in [1.29, 1.82) is 0 Å². The van der Waals surface area contributed by atoms with Gasteiger partial charge in [0.1, 0.15) is 5.58 Å². The lowest BCUT2D eigenvalue weighted by molar-refractivity contribution is 0.474. The number of fused-ring (bicyclic) bond motifs is 3. The van der Waals surface area contributed by atoms with E-state index in [2.05, 4.69) is 10.6 Å². The second kappa shape index (κ2) is 5.18. The predicted molar refractivity (Wildman–Crippen MR) is 99.5 cm³/mol. The van der Waals surface area contributed by atoms with Crippen molar-refractivity contribution >= 4 is 34.0 Å². The average Bonchev–Trinajstić information content (AvgIpc) is 2.56. The van der Waals surface area contributed by atoms with E-state index in [1.807, 2.05) is 62.4 Å². The second-order valence-electron chi connectivity index (χ2n) is 6.16. The Kier molecular flexibility index (Phi) is 3.21. The summed E-state index contributed by atoms with van der Waals surface area (Å²) in [6.07, 6.45) is 0. The molecule has 0 radical (unpaired) electrons. The molecule has 4 rings (SSSR count).